The normalized spacial score (nSPS) is 11.8. The first-order valence-corrected chi connectivity index (χ1v) is 6.69. The molecule has 1 aromatic rings. The van der Waals surface area contributed by atoms with Gasteiger partial charge in [0.05, 0.1) is 12.6 Å². The van der Waals surface area contributed by atoms with E-state index in [1.807, 2.05) is 13.0 Å². The molecule has 2 N–H and O–H groups in total. The highest BCUT2D eigenvalue weighted by molar-refractivity contribution is 6.31. The molecule has 0 spiro atoms. The predicted molar refractivity (Wildman–Crippen MR) is 81.0 cm³/mol. The average Bonchev–Trinajstić information content (AvgIpc) is 2.39. The maximum Gasteiger partial charge on any atom is 0.238 e. The zero-order valence-electron chi connectivity index (χ0n) is 12.2. The molecule has 0 radical (unpaired) electrons. The Morgan fingerprint density at radius 3 is 2.60 bits per heavy atom. The molecular formula is C14H20ClN3O2. The van der Waals surface area contributed by atoms with E-state index in [4.69, 9.17) is 11.6 Å². The highest BCUT2D eigenvalue weighted by atomic mass is 35.5. The average molecular weight is 298 g/mol. The molecule has 5 nitrogen and oxygen atoms in total. The molecule has 0 aliphatic carbocycles. The minimum atomic E-state index is -0.406. The van der Waals surface area contributed by atoms with Crippen molar-refractivity contribution in [3.63, 3.8) is 0 Å². The van der Waals surface area contributed by atoms with Gasteiger partial charge in [0.1, 0.15) is 0 Å². The minimum absolute atomic E-state index is 0.0622. The second-order valence-electron chi connectivity index (χ2n) is 4.84. The summed E-state index contributed by atoms with van der Waals surface area (Å²) < 4.78 is 0. The third-order valence-corrected chi connectivity index (χ3v) is 3.09. The number of hydrogen-bond donors (Lipinski definition) is 2. The molecule has 0 fully saturated rings. The Hall–Kier alpha value is -1.59. The summed E-state index contributed by atoms with van der Waals surface area (Å²) in [6.45, 7) is 3.67. The first-order chi connectivity index (χ1) is 9.31. The van der Waals surface area contributed by atoms with Gasteiger partial charge in [0.25, 0.3) is 0 Å². The Kier molecular flexibility index (Phi) is 5.98. The van der Waals surface area contributed by atoms with Crippen LogP contribution in [0.25, 0.3) is 0 Å². The molecule has 110 valence electrons. The van der Waals surface area contributed by atoms with Crippen LogP contribution in [-0.4, -0.2) is 43.4 Å². The van der Waals surface area contributed by atoms with Crippen molar-refractivity contribution in [1.82, 2.24) is 10.2 Å². The molecule has 0 saturated carbocycles. The summed E-state index contributed by atoms with van der Waals surface area (Å²) in [5.41, 5.74) is 1.61. The summed E-state index contributed by atoms with van der Waals surface area (Å²) in [6, 6.07) is 4.89. The summed E-state index contributed by atoms with van der Waals surface area (Å²) in [5.74, 6) is -0.287. The summed E-state index contributed by atoms with van der Waals surface area (Å²) in [7, 11) is 3.35. The molecule has 2 amide bonds. The van der Waals surface area contributed by atoms with Gasteiger partial charge in [-0.3, -0.25) is 14.9 Å². The molecule has 0 bridgehead atoms. The van der Waals surface area contributed by atoms with E-state index in [0.29, 0.717) is 10.7 Å². The molecule has 0 aromatic heterocycles. The standard InChI is InChI=1S/C14H20ClN3O2/c1-9-5-6-11(15)7-12(9)17-13(19)8-16-10(2)14(20)18(3)4/h5-7,10,16H,8H2,1-4H3,(H,17,19). The summed E-state index contributed by atoms with van der Waals surface area (Å²) in [4.78, 5) is 24.9. The van der Waals surface area contributed by atoms with Crippen LogP contribution in [0.4, 0.5) is 5.69 Å². The van der Waals surface area contributed by atoms with E-state index >= 15 is 0 Å². The summed E-state index contributed by atoms with van der Waals surface area (Å²) in [6.07, 6.45) is 0. The largest absolute Gasteiger partial charge is 0.347 e. The lowest BCUT2D eigenvalue weighted by atomic mass is 10.2. The number of nitrogens with zero attached hydrogens (tertiary/aromatic N) is 1. The number of halogens is 1. The number of rotatable bonds is 5. The molecular weight excluding hydrogens is 278 g/mol. The van der Waals surface area contributed by atoms with E-state index in [1.54, 1.807) is 33.2 Å². The van der Waals surface area contributed by atoms with Crippen LogP contribution in [0, 0.1) is 6.92 Å². The van der Waals surface area contributed by atoms with E-state index in [-0.39, 0.29) is 18.4 Å². The number of carbonyl (C=O) groups is 2. The fourth-order valence-electron chi connectivity index (χ4n) is 1.64. The van der Waals surface area contributed by atoms with Crippen molar-refractivity contribution in [2.45, 2.75) is 19.9 Å². The fraction of sp³-hybridized carbons (Fsp3) is 0.429. The van der Waals surface area contributed by atoms with E-state index in [2.05, 4.69) is 10.6 Å². The van der Waals surface area contributed by atoms with Gasteiger partial charge in [0, 0.05) is 24.8 Å². The molecule has 0 saturated heterocycles. The monoisotopic (exact) mass is 297 g/mol. The van der Waals surface area contributed by atoms with Crippen molar-refractivity contribution < 1.29 is 9.59 Å². The van der Waals surface area contributed by atoms with Crippen molar-refractivity contribution in [1.29, 1.82) is 0 Å². The number of carbonyl (C=O) groups excluding carboxylic acids is 2. The SMILES string of the molecule is Cc1ccc(Cl)cc1NC(=O)CNC(C)C(=O)N(C)C. The maximum atomic E-state index is 11.8. The molecule has 1 unspecified atom stereocenters. The number of nitrogens with one attached hydrogen (secondary N) is 2. The van der Waals surface area contributed by atoms with Crippen LogP contribution in [0.1, 0.15) is 12.5 Å². The van der Waals surface area contributed by atoms with Crippen molar-refractivity contribution in [2.75, 3.05) is 26.0 Å². The van der Waals surface area contributed by atoms with Gasteiger partial charge >= 0.3 is 0 Å². The minimum Gasteiger partial charge on any atom is -0.347 e. The van der Waals surface area contributed by atoms with Crippen molar-refractivity contribution in [3.05, 3.63) is 28.8 Å². The molecule has 0 aliphatic heterocycles. The highest BCUT2D eigenvalue weighted by Gasteiger charge is 2.15. The first kappa shape index (κ1) is 16.5. The highest BCUT2D eigenvalue weighted by Crippen LogP contribution is 2.19. The second-order valence-corrected chi connectivity index (χ2v) is 5.28. The molecule has 0 heterocycles. The number of amides is 2. The zero-order valence-corrected chi connectivity index (χ0v) is 12.9. The van der Waals surface area contributed by atoms with E-state index in [0.717, 1.165) is 5.56 Å². The molecule has 1 aromatic carbocycles. The Morgan fingerprint density at radius 1 is 1.35 bits per heavy atom. The molecule has 1 rings (SSSR count). The van der Waals surface area contributed by atoms with Crippen LogP contribution >= 0.6 is 11.6 Å². The second kappa shape index (κ2) is 7.26. The number of anilines is 1. The van der Waals surface area contributed by atoms with Crippen LogP contribution in [0.5, 0.6) is 0 Å². The van der Waals surface area contributed by atoms with Gasteiger partial charge in [-0.05, 0) is 31.5 Å². The number of likely N-dealkylation sites (N-methyl/N-ethyl adjacent to an activating group) is 1. The van der Waals surface area contributed by atoms with Crippen LogP contribution in [0.3, 0.4) is 0 Å². The van der Waals surface area contributed by atoms with Crippen LogP contribution < -0.4 is 10.6 Å². The Labute approximate surface area is 124 Å². The maximum absolute atomic E-state index is 11.8. The van der Waals surface area contributed by atoms with Gasteiger partial charge in [-0.1, -0.05) is 17.7 Å². The van der Waals surface area contributed by atoms with Crippen LogP contribution in [0.2, 0.25) is 5.02 Å². The van der Waals surface area contributed by atoms with Gasteiger partial charge in [-0.15, -0.1) is 0 Å². The third kappa shape index (κ3) is 4.83. The number of benzene rings is 1. The predicted octanol–water partition coefficient (Wildman–Crippen LogP) is 1.65. The van der Waals surface area contributed by atoms with Gasteiger partial charge in [-0.25, -0.2) is 0 Å². The molecule has 20 heavy (non-hydrogen) atoms. The molecule has 1 atom stereocenters. The Bertz CT molecular complexity index is 503. The van der Waals surface area contributed by atoms with E-state index in [1.165, 1.54) is 4.90 Å². The van der Waals surface area contributed by atoms with Gasteiger partial charge in [-0.2, -0.15) is 0 Å². The molecule has 6 heteroatoms. The topological polar surface area (TPSA) is 61.4 Å². The van der Waals surface area contributed by atoms with E-state index in [9.17, 15) is 9.59 Å². The Morgan fingerprint density at radius 2 is 2.00 bits per heavy atom. The van der Waals surface area contributed by atoms with Crippen molar-refractivity contribution >= 4 is 29.1 Å². The smallest absolute Gasteiger partial charge is 0.238 e. The zero-order chi connectivity index (χ0) is 15.3. The van der Waals surface area contributed by atoms with Gasteiger partial charge in [0.2, 0.25) is 11.8 Å². The lowest BCUT2D eigenvalue weighted by Gasteiger charge is -2.18. The third-order valence-electron chi connectivity index (χ3n) is 2.85. The van der Waals surface area contributed by atoms with Crippen LogP contribution in [0.15, 0.2) is 18.2 Å². The van der Waals surface area contributed by atoms with Crippen molar-refractivity contribution in [2.24, 2.45) is 0 Å². The van der Waals surface area contributed by atoms with Crippen molar-refractivity contribution in [3.8, 4) is 0 Å². The fourth-order valence-corrected chi connectivity index (χ4v) is 1.82. The number of hydrogen-bond acceptors (Lipinski definition) is 3. The molecule has 0 aliphatic rings. The summed E-state index contributed by atoms with van der Waals surface area (Å²) >= 11 is 5.89. The van der Waals surface area contributed by atoms with Crippen LogP contribution in [-0.2, 0) is 9.59 Å². The van der Waals surface area contributed by atoms with E-state index < -0.39 is 6.04 Å². The lowest BCUT2D eigenvalue weighted by molar-refractivity contribution is -0.130. The summed E-state index contributed by atoms with van der Waals surface area (Å²) in [5, 5.41) is 6.21. The van der Waals surface area contributed by atoms with Gasteiger partial charge < -0.3 is 10.2 Å². The van der Waals surface area contributed by atoms with Gasteiger partial charge in [0.15, 0.2) is 0 Å². The first-order valence-electron chi connectivity index (χ1n) is 6.32. The quantitative estimate of drug-likeness (QED) is 0.869. The number of aryl methyl sites for hydroxylation is 1. The Balaban J connectivity index is 2.52. The lowest BCUT2D eigenvalue weighted by Crippen LogP contribution is -2.44.